The van der Waals surface area contributed by atoms with Crippen molar-refractivity contribution in [2.75, 3.05) is 33.2 Å². The first-order valence-electron chi connectivity index (χ1n) is 11.6. The van der Waals surface area contributed by atoms with Crippen LogP contribution in [-0.2, 0) is 13.0 Å². The van der Waals surface area contributed by atoms with Crippen molar-refractivity contribution in [2.45, 2.75) is 13.0 Å². The second kappa shape index (κ2) is 8.25. The summed E-state index contributed by atoms with van der Waals surface area (Å²) in [6.45, 7) is 5.54. The fraction of sp³-hybridized carbons (Fsp3) is 0.250. The third-order valence-corrected chi connectivity index (χ3v) is 6.95. The van der Waals surface area contributed by atoms with E-state index in [1.807, 2.05) is 12.3 Å². The monoisotopic (exact) mass is 438 g/mol. The number of piperazine rings is 1. The topological polar surface area (TPSA) is 35.2 Å². The van der Waals surface area contributed by atoms with Gasteiger partial charge in [0.2, 0.25) is 0 Å². The van der Waals surface area contributed by atoms with Crippen molar-refractivity contribution in [3.05, 3.63) is 95.2 Å². The van der Waals surface area contributed by atoms with Crippen LogP contribution in [0.1, 0.15) is 22.4 Å². The average Bonchev–Trinajstić information content (AvgIpc) is 3.42. The van der Waals surface area contributed by atoms with Crippen LogP contribution in [0.4, 0.5) is 4.39 Å². The summed E-state index contributed by atoms with van der Waals surface area (Å²) in [7, 11) is 2.19. The SMILES string of the molecule is CN1CCN(Cc2ccc(-c3cnc4c(c3)C(c3ccc5[nH]c(F)cc5c3)=CC4)cc2)CC1. The highest BCUT2D eigenvalue weighted by molar-refractivity contribution is 5.91. The van der Waals surface area contributed by atoms with Gasteiger partial charge in [-0.05, 0) is 47.5 Å². The number of aromatic nitrogens is 2. The number of rotatable bonds is 4. The van der Waals surface area contributed by atoms with E-state index in [1.54, 1.807) is 6.07 Å². The van der Waals surface area contributed by atoms with Gasteiger partial charge >= 0.3 is 0 Å². The zero-order chi connectivity index (χ0) is 22.4. The second-order valence-corrected chi connectivity index (χ2v) is 9.24. The van der Waals surface area contributed by atoms with Gasteiger partial charge in [0.05, 0.1) is 5.69 Å². The Morgan fingerprint density at radius 2 is 1.70 bits per heavy atom. The van der Waals surface area contributed by atoms with Crippen LogP contribution in [0.15, 0.2) is 66.9 Å². The van der Waals surface area contributed by atoms with Gasteiger partial charge in [0.15, 0.2) is 5.95 Å². The number of likely N-dealkylation sites (N-methyl/N-ethyl adjacent to an activating group) is 1. The minimum absolute atomic E-state index is 0.303. The van der Waals surface area contributed by atoms with Crippen LogP contribution >= 0.6 is 0 Å². The molecule has 4 aromatic rings. The molecule has 0 saturated carbocycles. The van der Waals surface area contributed by atoms with E-state index in [9.17, 15) is 4.39 Å². The summed E-state index contributed by atoms with van der Waals surface area (Å²) in [5.74, 6) is -0.303. The Labute approximate surface area is 193 Å². The van der Waals surface area contributed by atoms with Gasteiger partial charge in [0, 0.05) is 73.4 Å². The quantitative estimate of drug-likeness (QED) is 0.481. The zero-order valence-corrected chi connectivity index (χ0v) is 18.8. The molecule has 1 fully saturated rings. The highest BCUT2D eigenvalue weighted by atomic mass is 19.1. The summed E-state index contributed by atoms with van der Waals surface area (Å²) in [5, 5.41) is 0.888. The lowest BCUT2D eigenvalue weighted by atomic mass is 9.97. The zero-order valence-electron chi connectivity index (χ0n) is 18.8. The van der Waals surface area contributed by atoms with Gasteiger partial charge in [-0.25, -0.2) is 0 Å². The van der Waals surface area contributed by atoms with Crippen molar-refractivity contribution in [3.63, 3.8) is 0 Å². The molecule has 0 atom stereocenters. The molecular weight excluding hydrogens is 411 g/mol. The maximum absolute atomic E-state index is 13.6. The van der Waals surface area contributed by atoms with Crippen LogP contribution in [0.5, 0.6) is 0 Å². The molecule has 0 radical (unpaired) electrons. The Balaban J connectivity index is 1.24. The summed E-state index contributed by atoms with van der Waals surface area (Å²) < 4.78 is 13.6. The largest absolute Gasteiger partial charge is 0.331 e. The van der Waals surface area contributed by atoms with Crippen molar-refractivity contribution in [1.82, 2.24) is 19.8 Å². The molecule has 0 unspecified atom stereocenters. The summed E-state index contributed by atoms with van der Waals surface area (Å²) in [4.78, 5) is 12.4. The summed E-state index contributed by atoms with van der Waals surface area (Å²) in [6, 6.07) is 18.8. The fourth-order valence-corrected chi connectivity index (χ4v) is 4.96. The predicted octanol–water partition coefficient (Wildman–Crippen LogP) is 5.10. The molecule has 166 valence electrons. The van der Waals surface area contributed by atoms with Crippen LogP contribution in [-0.4, -0.2) is 53.0 Å². The predicted molar refractivity (Wildman–Crippen MR) is 131 cm³/mol. The Kier molecular flexibility index (Phi) is 5.08. The van der Waals surface area contributed by atoms with Gasteiger partial charge in [0.1, 0.15) is 0 Å². The van der Waals surface area contributed by atoms with Crippen LogP contribution in [0.3, 0.4) is 0 Å². The van der Waals surface area contributed by atoms with E-state index in [-0.39, 0.29) is 5.95 Å². The highest BCUT2D eigenvalue weighted by Crippen LogP contribution is 2.35. The van der Waals surface area contributed by atoms with E-state index >= 15 is 0 Å². The van der Waals surface area contributed by atoms with Crippen molar-refractivity contribution in [2.24, 2.45) is 0 Å². The first-order valence-corrected chi connectivity index (χ1v) is 11.6. The summed E-state index contributed by atoms with van der Waals surface area (Å²) >= 11 is 0. The minimum atomic E-state index is -0.303. The molecule has 6 rings (SSSR count). The van der Waals surface area contributed by atoms with E-state index in [2.05, 4.69) is 70.4 Å². The number of nitrogens with zero attached hydrogens (tertiary/aromatic N) is 3. The van der Waals surface area contributed by atoms with Gasteiger partial charge in [-0.1, -0.05) is 36.4 Å². The van der Waals surface area contributed by atoms with E-state index < -0.39 is 0 Å². The van der Waals surface area contributed by atoms with Gasteiger partial charge in [-0.2, -0.15) is 4.39 Å². The number of fused-ring (bicyclic) bond motifs is 2. The van der Waals surface area contributed by atoms with Crippen LogP contribution in [0.25, 0.3) is 27.6 Å². The molecule has 1 aliphatic heterocycles. The molecule has 1 saturated heterocycles. The van der Waals surface area contributed by atoms with Crippen LogP contribution < -0.4 is 0 Å². The van der Waals surface area contributed by atoms with Gasteiger partial charge in [-0.3, -0.25) is 9.88 Å². The van der Waals surface area contributed by atoms with Crippen molar-refractivity contribution < 1.29 is 4.39 Å². The highest BCUT2D eigenvalue weighted by Gasteiger charge is 2.19. The number of pyridine rings is 1. The standard InChI is InChI=1S/C28H27FN4/c1-32-10-12-33(13-11-32)18-19-2-4-20(5-3-19)23-15-25-24(7-9-27(25)30-17-23)21-6-8-26-22(14-21)16-28(29)31-26/h2-8,14-17,31H,9-13,18H2,1H3. The van der Waals surface area contributed by atoms with E-state index in [4.69, 9.17) is 4.98 Å². The lowest BCUT2D eigenvalue weighted by Gasteiger charge is -2.32. The van der Waals surface area contributed by atoms with Gasteiger partial charge in [0.25, 0.3) is 0 Å². The van der Waals surface area contributed by atoms with Crippen molar-refractivity contribution in [3.8, 4) is 11.1 Å². The smallest absolute Gasteiger partial charge is 0.192 e. The maximum Gasteiger partial charge on any atom is 0.192 e. The van der Waals surface area contributed by atoms with Crippen molar-refractivity contribution >= 4 is 16.5 Å². The Morgan fingerprint density at radius 1 is 0.909 bits per heavy atom. The average molecular weight is 439 g/mol. The lowest BCUT2D eigenvalue weighted by Crippen LogP contribution is -2.43. The van der Waals surface area contributed by atoms with E-state index in [1.165, 1.54) is 22.3 Å². The third kappa shape index (κ3) is 3.99. The molecule has 1 aliphatic carbocycles. The molecule has 1 N–H and O–H groups in total. The third-order valence-electron chi connectivity index (χ3n) is 6.95. The fourth-order valence-electron chi connectivity index (χ4n) is 4.96. The lowest BCUT2D eigenvalue weighted by molar-refractivity contribution is 0.148. The molecule has 5 heteroatoms. The van der Waals surface area contributed by atoms with Gasteiger partial charge in [-0.15, -0.1) is 0 Å². The molecule has 0 amide bonds. The van der Waals surface area contributed by atoms with Crippen molar-refractivity contribution in [1.29, 1.82) is 0 Å². The molecule has 0 bridgehead atoms. The number of nitrogens with one attached hydrogen (secondary N) is 1. The number of H-pyrrole nitrogens is 1. The number of hydrogen-bond acceptors (Lipinski definition) is 3. The number of halogens is 1. The Bertz CT molecular complexity index is 1340. The second-order valence-electron chi connectivity index (χ2n) is 9.24. The first kappa shape index (κ1) is 20.3. The van der Waals surface area contributed by atoms with E-state index in [0.717, 1.165) is 66.9 Å². The molecule has 4 nitrogen and oxygen atoms in total. The van der Waals surface area contributed by atoms with Crippen LogP contribution in [0.2, 0.25) is 0 Å². The molecule has 2 aromatic heterocycles. The molecule has 3 heterocycles. The molecule has 2 aromatic carbocycles. The molecular formula is C28H27FN4. The normalized spacial score (nSPS) is 16.8. The van der Waals surface area contributed by atoms with E-state index in [0.29, 0.717) is 0 Å². The summed E-state index contributed by atoms with van der Waals surface area (Å²) in [6.07, 6.45) is 5.04. The van der Waals surface area contributed by atoms with Gasteiger partial charge < -0.3 is 9.88 Å². The number of benzene rings is 2. The minimum Gasteiger partial charge on any atom is -0.331 e. The van der Waals surface area contributed by atoms with Crippen LogP contribution in [0, 0.1) is 5.95 Å². The summed E-state index contributed by atoms with van der Waals surface area (Å²) in [5.41, 5.74) is 9.02. The number of aromatic amines is 1. The Hall–Kier alpha value is -3.28. The maximum atomic E-state index is 13.6. The Morgan fingerprint density at radius 3 is 2.52 bits per heavy atom. The number of allylic oxidation sites excluding steroid dienone is 1. The molecule has 33 heavy (non-hydrogen) atoms. The molecule has 0 spiro atoms. The first-order chi connectivity index (χ1) is 16.1. The number of hydrogen-bond donors (Lipinski definition) is 1. The molecule has 2 aliphatic rings.